The van der Waals surface area contributed by atoms with Crippen molar-refractivity contribution in [2.45, 2.75) is 44.9 Å². The number of rotatable bonds is 5. The van der Waals surface area contributed by atoms with Crippen LogP contribution < -0.4 is 0 Å². The normalized spacial score (nSPS) is 26.4. The van der Waals surface area contributed by atoms with Gasteiger partial charge in [-0.25, -0.2) is 0 Å². The minimum absolute atomic E-state index is 0.513. The molecule has 2 rings (SSSR count). The number of hydrogen-bond donors (Lipinski definition) is 0. The van der Waals surface area contributed by atoms with E-state index in [0.717, 1.165) is 24.5 Å². The fourth-order valence-corrected chi connectivity index (χ4v) is 3.34. The molecule has 0 aromatic rings. The van der Waals surface area contributed by atoms with Gasteiger partial charge in [0.25, 0.3) is 0 Å². The number of ether oxygens (including phenoxy) is 1. The Morgan fingerprint density at radius 3 is 2.36 bits per heavy atom. The molecule has 0 N–H and O–H groups in total. The van der Waals surface area contributed by atoms with Crippen LogP contribution in [-0.2, 0) is 4.74 Å². The minimum atomic E-state index is 0.513. The third kappa shape index (κ3) is 2.52. The highest BCUT2D eigenvalue weighted by Gasteiger charge is 2.36. The Kier molecular flexibility index (Phi) is 3.89. The Morgan fingerprint density at radius 2 is 1.86 bits per heavy atom. The van der Waals surface area contributed by atoms with Crippen molar-refractivity contribution >= 4 is 15.9 Å². The van der Waals surface area contributed by atoms with Gasteiger partial charge in [0.1, 0.15) is 0 Å². The van der Waals surface area contributed by atoms with Crippen LogP contribution in [0.5, 0.6) is 0 Å². The maximum absolute atomic E-state index is 5.89. The lowest BCUT2D eigenvalue weighted by molar-refractivity contribution is -0.00243. The zero-order valence-electron chi connectivity index (χ0n) is 8.93. The first-order chi connectivity index (χ1) is 6.85. The highest BCUT2D eigenvalue weighted by molar-refractivity contribution is 9.09. The van der Waals surface area contributed by atoms with Crippen LogP contribution in [0.3, 0.4) is 0 Å². The summed E-state index contributed by atoms with van der Waals surface area (Å²) in [4.78, 5) is 0. The Bertz CT molecular complexity index is 166. The molecule has 2 heteroatoms. The summed E-state index contributed by atoms with van der Waals surface area (Å²) in [6.07, 6.45) is 9.79. The van der Waals surface area contributed by atoms with Gasteiger partial charge in [0, 0.05) is 17.4 Å². The second-order valence-corrected chi connectivity index (χ2v) is 5.71. The van der Waals surface area contributed by atoms with Crippen LogP contribution in [0.2, 0.25) is 0 Å². The molecule has 0 amide bonds. The predicted molar refractivity (Wildman–Crippen MR) is 62.9 cm³/mol. The fraction of sp³-hybridized carbons (Fsp3) is 1.00. The summed E-state index contributed by atoms with van der Waals surface area (Å²) in [6.45, 7) is 2.02. The van der Waals surface area contributed by atoms with Gasteiger partial charge in [0.05, 0.1) is 6.61 Å². The van der Waals surface area contributed by atoms with E-state index in [2.05, 4.69) is 15.9 Å². The summed E-state index contributed by atoms with van der Waals surface area (Å²) < 4.78 is 5.89. The van der Waals surface area contributed by atoms with E-state index in [1.54, 1.807) is 0 Å². The highest BCUT2D eigenvalue weighted by Crippen LogP contribution is 2.42. The third-order valence-electron chi connectivity index (χ3n) is 3.93. The topological polar surface area (TPSA) is 9.23 Å². The molecule has 0 heterocycles. The van der Waals surface area contributed by atoms with E-state index in [1.807, 2.05) is 0 Å². The van der Waals surface area contributed by atoms with E-state index < -0.39 is 0 Å². The summed E-state index contributed by atoms with van der Waals surface area (Å²) in [5.41, 5.74) is 0.513. The van der Waals surface area contributed by atoms with Gasteiger partial charge in [-0.1, -0.05) is 35.2 Å². The number of halogens is 1. The zero-order chi connectivity index (χ0) is 9.86. The van der Waals surface area contributed by atoms with Crippen LogP contribution >= 0.6 is 15.9 Å². The third-order valence-corrected chi connectivity index (χ3v) is 5.12. The molecule has 1 nitrogen and oxygen atoms in total. The Labute approximate surface area is 95.7 Å². The first-order valence-corrected chi connectivity index (χ1v) is 7.11. The predicted octanol–water partition coefficient (Wildman–Crippen LogP) is 3.76. The molecule has 14 heavy (non-hydrogen) atoms. The molecule has 82 valence electrons. The highest BCUT2D eigenvalue weighted by atomic mass is 79.9. The molecule has 0 radical (unpaired) electrons. The molecule has 0 spiro atoms. The smallest absolute Gasteiger partial charge is 0.0530 e. The number of alkyl halides is 1. The Hall–Kier alpha value is 0.440. The van der Waals surface area contributed by atoms with Crippen molar-refractivity contribution in [1.82, 2.24) is 0 Å². The lowest BCUT2D eigenvalue weighted by atomic mass is 9.71. The van der Waals surface area contributed by atoms with Crippen LogP contribution in [0.15, 0.2) is 0 Å². The summed E-state index contributed by atoms with van der Waals surface area (Å²) in [6, 6.07) is 0. The van der Waals surface area contributed by atoms with Crippen LogP contribution in [0.25, 0.3) is 0 Å². The largest absolute Gasteiger partial charge is 0.381 e. The molecule has 0 aliphatic heterocycles. The van der Waals surface area contributed by atoms with Crippen molar-refractivity contribution in [3.05, 3.63) is 0 Å². The fourth-order valence-electron chi connectivity index (χ4n) is 2.61. The summed E-state index contributed by atoms with van der Waals surface area (Å²) >= 11 is 3.62. The van der Waals surface area contributed by atoms with Gasteiger partial charge in [-0.2, -0.15) is 0 Å². The molecule has 0 saturated heterocycles. The summed E-state index contributed by atoms with van der Waals surface area (Å²) in [5.74, 6) is 0.877. The van der Waals surface area contributed by atoms with E-state index in [1.165, 1.54) is 44.9 Å². The zero-order valence-corrected chi connectivity index (χ0v) is 10.5. The van der Waals surface area contributed by atoms with Crippen molar-refractivity contribution in [1.29, 1.82) is 0 Å². The Balaban J connectivity index is 1.61. The SMILES string of the molecule is BrCC1(COCC2CCCC2)CCC1. The molecule has 0 atom stereocenters. The molecule has 2 fully saturated rings. The van der Waals surface area contributed by atoms with Crippen molar-refractivity contribution in [3.63, 3.8) is 0 Å². The maximum atomic E-state index is 5.89. The van der Waals surface area contributed by atoms with Gasteiger partial charge in [-0.05, 0) is 31.6 Å². The molecular weight excluding hydrogens is 240 g/mol. The van der Waals surface area contributed by atoms with Crippen LogP contribution in [0.4, 0.5) is 0 Å². The van der Waals surface area contributed by atoms with E-state index in [-0.39, 0.29) is 0 Å². The van der Waals surface area contributed by atoms with Crippen molar-refractivity contribution in [3.8, 4) is 0 Å². The van der Waals surface area contributed by atoms with Crippen LogP contribution in [0, 0.1) is 11.3 Å². The number of hydrogen-bond acceptors (Lipinski definition) is 1. The lowest BCUT2D eigenvalue weighted by Crippen LogP contribution is -2.36. The molecule has 0 aromatic heterocycles. The molecule has 2 saturated carbocycles. The molecule has 0 unspecified atom stereocenters. The average Bonchev–Trinajstić information content (AvgIpc) is 2.62. The van der Waals surface area contributed by atoms with Crippen molar-refractivity contribution in [2.24, 2.45) is 11.3 Å². The van der Waals surface area contributed by atoms with E-state index in [4.69, 9.17) is 4.74 Å². The second-order valence-electron chi connectivity index (χ2n) is 5.15. The molecule has 0 aromatic carbocycles. The molecule has 0 bridgehead atoms. The first kappa shape index (κ1) is 10.9. The molecular formula is C12H21BrO. The standard InChI is InChI=1S/C12H21BrO/c13-9-12(6-3-7-12)10-14-8-11-4-1-2-5-11/h11H,1-10H2. The van der Waals surface area contributed by atoms with E-state index in [9.17, 15) is 0 Å². The van der Waals surface area contributed by atoms with Gasteiger partial charge in [0.2, 0.25) is 0 Å². The van der Waals surface area contributed by atoms with Crippen LogP contribution in [-0.4, -0.2) is 18.5 Å². The second kappa shape index (κ2) is 4.98. The lowest BCUT2D eigenvalue weighted by Gasteiger charge is -2.40. The van der Waals surface area contributed by atoms with E-state index >= 15 is 0 Å². The summed E-state index contributed by atoms with van der Waals surface area (Å²) in [7, 11) is 0. The summed E-state index contributed by atoms with van der Waals surface area (Å²) in [5, 5.41) is 1.13. The first-order valence-electron chi connectivity index (χ1n) is 5.98. The van der Waals surface area contributed by atoms with Gasteiger partial charge in [0.15, 0.2) is 0 Å². The Morgan fingerprint density at radius 1 is 1.14 bits per heavy atom. The van der Waals surface area contributed by atoms with E-state index in [0.29, 0.717) is 5.41 Å². The van der Waals surface area contributed by atoms with Crippen LogP contribution in [0.1, 0.15) is 44.9 Å². The van der Waals surface area contributed by atoms with Crippen molar-refractivity contribution < 1.29 is 4.74 Å². The minimum Gasteiger partial charge on any atom is -0.381 e. The van der Waals surface area contributed by atoms with Gasteiger partial charge in [-0.3, -0.25) is 0 Å². The van der Waals surface area contributed by atoms with Gasteiger partial charge in [-0.15, -0.1) is 0 Å². The molecule has 2 aliphatic carbocycles. The monoisotopic (exact) mass is 260 g/mol. The van der Waals surface area contributed by atoms with Gasteiger partial charge < -0.3 is 4.74 Å². The van der Waals surface area contributed by atoms with Gasteiger partial charge >= 0.3 is 0 Å². The average molecular weight is 261 g/mol. The van der Waals surface area contributed by atoms with Crippen molar-refractivity contribution in [2.75, 3.05) is 18.5 Å². The molecule has 2 aliphatic rings. The maximum Gasteiger partial charge on any atom is 0.0530 e. The quantitative estimate of drug-likeness (QED) is 0.685.